The minimum absolute atomic E-state index is 0.250. The van der Waals surface area contributed by atoms with Gasteiger partial charge in [0, 0.05) is 24.2 Å². The molecule has 2 nitrogen and oxygen atoms in total. The van der Waals surface area contributed by atoms with E-state index in [1.54, 1.807) is 0 Å². The Balaban J connectivity index is 1.85. The highest BCUT2D eigenvalue weighted by Crippen LogP contribution is 2.18. The summed E-state index contributed by atoms with van der Waals surface area (Å²) in [5.74, 6) is 0.592. The summed E-state index contributed by atoms with van der Waals surface area (Å²) < 4.78 is 0. The van der Waals surface area contributed by atoms with Gasteiger partial charge >= 0.3 is 0 Å². The Morgan fingerprint density at radius 2 is 2.24 bits per heavy atom. The molecule has 1 aromatic rings. The van der Waals surface area contributed by atoms with Gasteiger partial charge in [0.05, 0.1) is 0 Å². The van der Waals surface area contributed by atoms with Gasteiger partial charge in [-0.05, 0) is 37.1 Å². The molecular weight excluding hydrogens is 232 g/mol. The first-order valence-electron chi connectivity index (χ1n) is 6.00. The highest BCUT2D eigenvalue weighted by Gasteiger charge is 2.17. The van der Waals surface area contributed by atoms with Crippen molar-refractivity contribution in [2.75, 3.05) is 13.6 Å². The van der Waals surface area contributed by atoms with Crippen LogP contribution in [0.1, 0.15) is 12.0 Å². The fourth-order valence-electron chi connectivity index (χ4n) is 2.35. The molecule has 0 aliphatic heterocycles. The first kappa shape index (κ1) is 12.6. The van der Waals surface area contributed by atoms with Crippen LogP contribution in [0.15, 0.2) is 36.4 Å². The van der Waals surface area contributed by atoms with Crippen molar-refractivity contribution in [3.63, 3.8) is 0 Å². The zero-order chi connectivity index (χ0) is 12.3. The van der Waals surface area contributed by atoms with E-state index >= 15 is 0 Å². The van der Waals surface area contributed by atoms with E-state index in [0.29, 0.717) is 5.92 Å². The third-order valence-corrected chi connectivity index (χ3v) is 3.33. The zero-order valence-electron chi connectivity index (χ0n) is 10.1. The standard InChI is InChI=1S/C14H19ClN2/c1-17(10-12-5-6-14(16)8-12)9-11-3-2-4-13(15)7-11/h2-7,12,14H,8-10,16H2,1H3. The van der Waals surface area contributed by atoms with E-state index in [9.17, 15) is 0 Å². The maximum absolute atomic E-state index is 5.97. The van der Waals surface area contributed by atoms with E-state index in [0.717, 1.165) is 24.5 Å². The van der Waals surface area contributed by atoms with Gasteiger partial charge in [0.15, 0.2) is 0 Å². The molecule has 0 bridgehead atoms. The molecule has 0 heterocycles. The second-order valence-electron chi connectivity index (χ2n) is 4.87. The first-order chi connectivity index (χ1) is 8.13. The van der Waals surface area contributed by atoms with E-state index in [1.165, 1.54) is 5.56 Å². The number of rotatable bonds is 4. The molecule has 0 fully saturated rings. The molecule has 2 rings (SSSR count). The van der Waals surface area contributed by atoms with Crippen molar-refractivity contribution in [2.45, 2.75) is 19.0 Å². The van der Waals surface area contributed by atoms with Crippen LogP contribution in [0.2, 0.25) is 5.02 Å². The molecule has 3 heteroatoms. The normalized spacial score (nSPS) is 23.5. The van der Waals surface area contributed by atoms with Gasteiger partial charge in [-0.3, -0.25) is 0 Å². The lowest BCUT2D eigenvalue weighted by Crippen LogP contribution is -2.25. The summed E-state index contributed by atoms with van der Waals surface area (Å²) in [5.41, 5.74) is 7.11. The van der Waals surface area contributed by atoms with Crippen LogP contribution in [0.25, 0.3) is 0 Å². The third kappa shape index (κ3) is 3.84. The number of nitrogens with two attached hydrogens (primary N) is 1. The molecule has 0 aromatic heterocycles. The Bertz CT molecular complexity index is 403. The Hall–Kier alpha value is -0.830. The van der Waals surface area contributed by atoms with Crippen molar-refractivity contribution < 1.29 is 0 Å². The van der Waals surface area contributed by atoms with Crippen LogP contribution in [0.4, 0.5) is 0 Å². The quantitative estimate of drug-likeness (QED) is 0.833. The lowest BCUT2D eigenvalue weighted by molar-refractivity contribution is 0.288. The van der Waals surface area contributed by atoms with E-state index in [2.05, 4.69) is 30.2 Å². The van der Waals surface area contributed by atoms with Gasteiger partial charge in [-0.1, -0.05) is 35.9 Å². The minimum Gasteiger partial charge on any atom is -0.324 e. The van der Waals surface area contributed by atoms with Gasteiger partial charge in [0.25, 0.3) is 0 Å². The van der Waals surface area contributed by atoms with Gasteiger partial charge in [0.2, 0.25) is 0 Å². The van der Waals surface area contributed by atoms with Gasteiger partial charge in [-0.2, -0.15) is 0 Å². The summed E-state index contributed by atoms with van der Waals surface area (Å²) in [5, 5.41) is 0.804. The van der Waals surface area contributed by atoms with E-state index < -0.39 is 0 Å². The third-order valence-electron chi connectivity index (χ3n) is 3.09. The van der Waals surface area contributed by atoms with Gasteiger partial charge < -0.3 is 10.6 Å². The molecule has 2 unspecified atom stereocenters. The second kappa shape index (κ2) is 5.67. The van der Waals surface area contributed by atoms with E-state index in [1.807, 2.05) is 18.2 Å². The van der Waals surface area contributed by atoms with Crippen molar-refractivity contribution in [2.24, 2.45) is 11.7 Å². The average Bonchev–Trinajstić information content (AvgIpc) is 2.63. The number of hydrogen-bond donors (Lipinski definition) is 1. The van der Waals surface area contributed by atoms with E-state index in [-0.39, 0.29) is 6.04 Å². The maximum atomic E-state index is 5.97. The molecule has 0 saturated heterocycles. The largest absolute Gasteiger partial charge is 0.324 e. The first-order valence-corrected chi connectivity index (χ1v) is 6.38. The molecule has 0 radical (unpaired) electrons. The smallest absolute Gasteiger partial charge is 0.0409 e. The minimum atomic E-state index is 0.250. The predicted octanol–water partition coefficient (Wildman–Crippen LogP) is 2.68. The van der Waals surface area contributed by atoms with Crippen LogP contribution in [-0.2, 0) is 6.54 Å². The van der Waals surface area contributed by atoms with Crippen molar-refractivity contribution in [1.82, 2.24) is 4.90 Å². The van der Waals surface area contributed by atoms with Crippen molar-refractivity contribution in [3.8, 4) is 0 Å². The van der Waals surface area contributed by atoms with Crippen LogP contribution < -0.4 is 5.73 Å². The second-order valence-corrected chi connectivity index (χ2v) is 5.31. The summed E-state index contributed by atoms with van der Waals surface area (Å²) >= 11 is 5.97. The van der Waals surface area contributed by atoms with Crippen LogP contribution in [-0.4, -0.2) is 24.5 Å². The van der Waals surface area contributed by atoms with Crippen LogP contribution >= 0.6 is 11.6 Å². The fourth-order valence-corrected chi connectivity index (χ4v) is 2.57. The lowest BCUT2D eigenvalue weighted by Gasteiger charge is -2.20. The molecular formula is C14H19ClN2. The molecule has 1 aliphatic rings. The van der Waals surface area contributed by atoms with Crippen LogP contribution in [0, 0.1) is 5.92 Å². The Morgan fingerprint density at radius 3 is 2.88 bits per heavy atom. The monoisotopic (exact) mass is 250 g/mol. The summed E-state index contributed by atoms with van der Waals surface area (Å²) in [6.07, 6.45) is 5.41. The van der Waals surface area contributed by atoms with E-state index in [4.69, 9.17) is 17.3 Å². The molecule has 2 atom stereocenters. The number of benzene rings is 1. The average molecular weight is 251 g/mol. The van der Waals surface area contributed by atoms with Crippen LogP contribution in [0.3, 0.4) is 0 Å². The van der Waals surface area contributed by atoms with Crippen molar-refractivity contribution in [3.05, 3.63) is 47.0 Å². The van der Waals surface area contributed by atoms with Crippen molar-refractivity contribution in [1.29, 1.82) is 0 Å². The summed E-state index contributed by atoms with van der Waals surface area (Å²) in [4.78, 5) is 2.32. The predicted molar refractivity (Wildman–Crippen MR) is 73.0 cm³/mol. The fraction of sp³-hybridized carbons (Fsp3) is 0.429. The highest BCUT2D eigenvalue weighted by molar-refractivity contribution is 6.30. The molecule has 1 aromatic carbocycles. The SMILES string of the molecule is CN(Cc1cccc(Cl)c1)CC1C=CC(N)C1. The molecule has 92 valence electrons. The van der Waals surface area contributed by atoms with Gasteiger partial charge in [0.1, 0.15) is 0 Å². The highest BCUT2D eigenvalue weighted by atomic mass is 35.5. The van der Waals surface area contributed by atoms with Crippen molar-refractivity contribution >= 4 is 11.6 Å². The summed E-state index contributed by atoms with van der Waals surface area (Å²) in [6.45, 7) is 1.98. The molecule has 2 N–H and O–H groups in total. The zero-order valence-corrected chi connectivity index (χ0v) is 10.9. The molecule has 0 amide bonds. The molecule has 0 saturated carbocycles. The molecule has 0 spiro atoms. The topological polar surface area (TPSA) is 29.3 Å². The number of hydrogen-bond acceptors (Lipinski definition) is 2. The lowest BCUT2D eigenvalue weighted by atomic mass is 10.1. The van der Waals surface area contributed by atoms with Gasteiger partial charge in [-0.15, -0.1) is 0 Å². The number of halogens is 1. The Labute approximate surface area is 108 Å². The van der Waals surface area contributed by atoms with Gasteiger partial charge in [-0.25, -0.2) is 0 Å². The summed E-state index contributed by atoms with van der Waals surface area (Å²) in [7, 11) is 2.14. The molecule has 17 heavy (non-hydrogen) atoms. The number of nitrogens with zero attached hydrogens (tertiary/aromatic N) is 1. The Kier molecular flexibility index (Phi) is 4.21. The Morgan fingerprint density at radius 1 is 1.41 bits per heavy atom. The van der Waals surface area contributed by atoms with Crippen LogP contribution in [0.5, 0.6) is 0 Å². The maximum Gasteiger partial charge on any atom is 0.0409 e. The summed E-state index contributed by atoms with van der Waals surface area (Å²) in [6, 6.07) is 8.28. The molecule has 1 aliphatic carbocycles.